The highest BCUT2D eigenvalue weighted by Crippen LogP contribution is 2.37. The summed E-state index contributed by atoms with van der Waals surface area (Å²) in [6.45, 7) is 7.24. The molecule has 0 aromatic carbocycles. The fraction of sp³-hybridized carbons (Fsp3) is 0.929. The zero-order chi connectivity index (χ0) is 12.9. The van der Waals surface area contributed by atoms with E-state index in [1.807, 2.05) is 0 Å². The number of carbonyl (C=O) groups is 1. The number of nitrogens with one attached hydrogen (secondary N) is 1. The number of halogens is 1. The zero-order valence-electron chi connectivity index (χ0n) is 11.4. The number of carbonyl (C=O) groups excluding carboxylic acids is 1. The first-order valence-electron chi connectivity index (χ1n) is 6.74. The summed E-state index contributed by atoms with van der Waals surface area (Å²) in [5, 5.41) is 3.13. The summed E-state index contributed by atoms with van der Waals surface area (Å²) in [4.78, 5) is 12.2. The molecule has 0 spiro atoms. The Bertz CT molecular complexity index is 257. The van der Waals surface area contributed by atoms with Crippen LogP contribution in [-0.2, 0) is 4.79 Å². The molecule has 1 aliphatic rings. The molecule has 0 saturated heterocycles. The fourth-order valence-corrected chi connectivity index (χ4v) is 2.68. The second-order valence-electron chi connectivity index (χ2n) is 6.41. The second kappa shape index (κ2) is 6.08. The van der Waals surface area contributed by atoms with Crippen molar-refractivity contribution in [2.24, 2.45) is 10.8 Å². The van der Waals surface area contributed by atoms with Crippen molar-refractivity contribution in [3.63, 3.8) is 0 Å². The van der Waals surface area contributed by atoms with E-state index in [-0.39, 0.29) is 16.7 Å². The minimum atomic E-state index is -0.109. The fourth-order valence-electron chi connectivity index (χ4n) is 2.55. The van der Waals surface area contributed by atoms with Crippen LogP contribution >= 0.6 is 11.6 Å². The van der Waals surface area contributed by atoms with E-state index in [0.717, 1.165) is 32.2 Å². The standard InChI is InChI=1S/C14H26ClNO/c1-13(2,7-6-10-15)11-16-12(17)14(3)8-4-5-9-14/h4-11H2,1-3H3,(H,16,17). The van der Waals surface area contributed by atoms with Gasteiger partial charge in [0, 0.05) is 17.8 Å². The molecule has 1 fully saturated rings. The highest BCUT2D eigenvalue weighted by Gasteiger charge is 2.36. The lowest BCUT2D eigenvalue weighted by molar-refractivity contribution is -0.130. The number of rotatable bonds is 6. The minimum Gasteiger partial charge on any atom is -0.355 e. The molecule has 1 saturated carbocycles. The van der Waals surface area contributed by atoms with E-state index < -0.39 is 0 Å². The first-order chi connectivity index (χ1) is 7.90. The molecule has 0 heterocycles. The van der Waals surface area contributed by atoms with Crippen molar-refractivity contribution in [2.45, 2.75) is 59.3 Å². The van der Waals surface area contributed by atoms with Crippen molar-refractivity contribution >= 4 is 17.5 Å². The van der Waals surface area contributed by atoms with E-state index in [0.29, 0.717) is 5.88 Å². The Morgan fingerprint density at radius 3 is 2.47 bits per heavy atom. The predicted molar refractivity (Wildman–Crippen MR) is 73.3 cm³/mol. The summed E-state index contributed by atoms with van der Waals surface area (Å²) >= 11 is 5.71. The molecule has 17 heavy (non-hydrogen) atoms. The third kappa shape index (κ3) is 4.50. The lowest BCUT2D eigenvalue weighted by atomic mass is 9.85. The molecular weight excluding hydrogens is 234 g/mol. The molecule has 0 aromatic rings. The summed E-state index contributed by atoms with van der Waals surface area (Å²) in [5.74, 6) is 0.948. The van der Waals surface area contributed by atoms with Crippen molar-refractivity contribution in [2.75, 3.05) is 12.4 Å². The Hall–Kier alpha value is -0.240. The molecule has 0 bridgehead atoms. The summed E-state index contributed by atoms with van der Waals surface area (Å²) < 4.78 is 0. The van der Waals surface area contributed by atoms with Crippen LogP contribution in [0.4, 0.5) is 0 Å². The van der Waals surface area contributed by atoms with E-state index >= 15 is 0 Å². The monoisotopic (exact) mass is 259 g/mol. The van der Waals surface area contributed by atoms with Gasteiger partial charge in [-0.25, -0.2) is 0 Å². The van der Waals surface area contributed by atoms with Crippen LogP contribution in [0.25, 0.3) is 0 Å². The lowest BCUT2D eigenvalue weighted by Gasteiger charge is -2.28. The van der Waals surface area contributed by atoms with Gasteiger partial charge in [0.25, 0.3) is 0 Å². The normalized spacial score (nSPS) is 19.3. The summed E-state index contributed by atoms with van der Waals surface area (Å²) in [7, 11) is 0. The van der Waals surface area contributed by atoms with Gasteiger partial charge in [-0.3, -0.25) is 4.79 Å². The highest BCUT2D eigenvalue weighted by atomic mass is 35.5. The average Bonchev–Trinajstić information content (AvgIpc) is 2.72. The molecule has 0 radical (unpaired) electrons. The van der Waals surface area contributed by atoms with Crippen LogP contribution in [0.3, 0.4) is 0 Å². The van der Waals surface area contributed by atoms with Gasteiger partial charge in [0.15, 0.2) is 0 Å². The van der Waals surface area contributed by atoms with Crippen LogP contribution in [0.2, 0.25) is 0 Å². The topological polar surface area (TPSA) is 29.1 Å². The number of hydrogen-bond donors (Lipinski definition) is 1. The Morgan fingerprint density at radius 2 is 1.94 bits per heavy atom. The molecule has 2 nitrogen and oxygen atoms in total. The Labute approximate surface area is 110 Å². The number of hydrogen-bond acceptors (Lipinski definition) is 1. The van der Waals surface area contributed by atoms with Gasteiger partial charge in [0.1, 0.15) is 0 Å². The zero-order valence-corrected chi connectivity index (χ0v) is 12.2. The maximum absolute atomic E-state index is 12.2. The Balaban J connectivity index is 2.36. The molecule has 1 N–H and O–H groups in total. The molecule has 0 atom stereocenters. The summed E-state index contributed by atoms with van der Waals surface area (Å²) in [6.07, 6.45) is 6.55. The van der Waals surface area contributed by atoms with Crippen LogP contribution in [0.15, 0.2) is 0 Å². The van der Waals surface area contributed by atoms with E-state index in [1.165, 1.54) is 12.8 Å². The molecule has 0 aromatic heterocycles. The van der Waals surface area contributed by atoms with Crippen molar-refractivity contribution in [3.05, 3.63) is 0 Å². The minimum absolute atomic E-state index is 0.109. The van der Waals surface area contributed by atoms with Crippen LogP contribution in [0.5, 0.6) is 0 Å². The predicted octanol–water partition coefficient (Wildman–Crippen LogP) is 3.73. The van der Waals surface area contributed by atoms with Crippen LogP contribution < -0.4 is 5.32 Å². The SMILES string of the molecule is CC(C)(CCCCl)CNC(=O)C1(C)CCCC1. The van der Waals surface area contributed by atoms with Gasteiger partial charge in [-0.1, -0.05) is 33.6 Å². The van der Waals surface area contributed by atoms with Crippen molar-refractivity contribution < 1.29 is 4.79 Å². The van der Waals surface area contributed by atoms with Crippen molar-refractivity contribution in [3.8, 4) is 0 Å². The van der Waals surface area contributed by atoms with Crippen molar-refractivity contribution in [1.29, 1.82) is 0 Å². The molecule has 3 heteroatoms. The lowest BCUT2D eigenvalue weighted by Crippen LogP contribution is -2.41. The van der Waals surface area contributed by atoms with E-state index in [1.54, 1.807) is 0 Å². The second-order valence-corrected chi connectivity index (χ2v) is 6.79. The Kier molecular flexibility index (Phi) is 5.30. The van der Waals surface area contributed by atoms with Crippen molar-refractivity contribution in [1.82, 2.24) is 5.32 Å². The maximum Gasteiger partial charge on any atom is 0.225 e. The van der Waals surface area contributed by atoms with Gasteiger partial charge in [0.05, 0.1) is 0 Å². The first-order valence-corrected chi connectivity index (χ1v) is 7.27. The van der Waals surface area contributed by atoms with Gasteiger partial charge in [-0.15, -0.1) is 11.6 Å². The number of alkyl halides is 1. The molecule has 1 rings (SSSR count). The van der Waals surface area contributed by atoms with Crippen LogP contribution in [-0.4, -0.2) is 18.3 Å². The van der Waals surface area contributed by atoms with Crippen LogP contribution in [0.1, 0.15) is 59.3 Å². The molecule has 0 aliphatic heterocycles. The maximum atomic E-state index is 12.2. The number of amides is 1. The van der Waals surface area contributed by atoms with E-state index in [9.17, 15) is 4.79 Å². The van der Waals surface area contributed by atoms with Gasteiger partial charge in [-0.05, 0) is 31.1 Å². The van der Waals surface area contributed by atoms with E-state index in [4.69, 9.17) is 11.6 Å². The molecule has 100 valence electrons. The molecule has 1 aliphatic carbocycles. The molecule has 0 unspecified atom stereocenters. The largest absolute Gasteiger partial charge is 0.355 e. The van der Waals surface area contributed by atoms with Crippen LogP contribution in [0, 0.1) is 10.8 Å². The van der Waals surface area contributed by atoms with Gasteiger partial charge in [0.2, 0.25) is 5.91 Å². The molecular formula is C14H26ClNO. The van der Waals surface area contributed by atoms with E-state index in [2.05, 4.69) is 26.1 Å². The molecule has 1 amide bonds. The van der Waals surface area contributed by atoms with Gasteiger partial charge >= 0.3 is 0 Å². The quantitative estimate of drug-likeness (QED) is 0.724. The van der Waals surface area contributed by atoms with Gasteiger partial charge < -0.3 is 5.32 Å². The summed E-state index contributed by atoms with van der Waals surface area (Å²) in [5.41, 5.74) is 0.0437. The highest BCUT2D eigenvalue weighted by molar-refractivity contribution is 6.17. The van der Waals surface area contributed by atoms with Gasteiger partial charge in [-0.2, -0.15) is 0 Å². The third-order valence-corrected chi connectivity index (χ3v) is 4.24. The third-order valence-electron chi connectivity index (χ3n) is 3.97. The average molecular weight is 260 g/mol. The Morgan fingerprint density at radius 1 is 1.35 bits per heavy atom. The smallest absolute Gasteiger partial charge is 0.225 e. The first kappa shape index (κ1) is 14.8. The summed E-state index contributed by atoms with van der Waals surface area (Å²) in [6, 6.07) is 0.